The lowest BCUT2D eigenvalue weighted by Crippen LogP contribution is -2.43. The van der Waals surface area contributed by atoms with Crippen LogP contribution in [0.1, 0.15) is 29.5 Å². The molecule has 0 aliphatic heterocycles. The van der Waals surface area contributed by atoms with E-state index < -0.39 is 5.54 Å². The summed E-state index contributed by atoms with van der Waals surface area (Å²) < 4.78 is 5.58. The molecule has 2 nitrogen and oxygen atoms in total. The highest BCUT2D eigenvalue weighted by molar-refractivity contribution is 5.46. The molecule has 0 aromatic heterocycles. The Bertz CT molecular complexity index is 744. The summed E-state index contributed by atoms with van der Waals surface area (Å²) in [6, 6.07) is 28.7. The predicted molar refractivity (Wildman–Crippen MR) is 99.3 cm³/mol. The van der Waals surface area contributed by atoms with E-state index in [1.165, 1.54) is 0 Å². The molecule has 0 amide bonds. The maximum atomic E-state index is 7.08. The Morgan fingerprint density at radius 2 is 1.21 bits per heavy atom. The second kappa shape index (κ2) is 6.90. The van der Waals surface area contributed by atoms with Crippen LogP contribution in [0.15, 0.2) is 84.9 Å². The molecule has 3 aromatic rings. The summed E-state index contributed by atoms with van der Waals surface area (Å²) in [5, 5.41) is 0. The molecule has 1 atom stereocenters. The van der Waals surface area contributed by atoms with E-state index >= 15 is 0 Å². The van der Waals surface area contributed by atoms with E-state index in [1.54, 1.807) is 7.11 Å². The fraction of sp³-hybridized carbons (Fsp3) is 0.182. The lowest BCUT2D eigenvalue weighted by atomic mass is 9.71. The maximum absolute atomic E-state index is 7.08. The van der Waals surface area contributed by atoms with Gasteiger partial charge in [-0.2, -0.15) is 0 Å². The zero-order valence-corrected chi connectivity index (χ0v) is 14.1. The molecule has 0 saturated carbocycles. The molecule has 0 aliphatic carbocycles. The van der Waals surface area contributed by atoms with Crippen molar-refractivity contribution in [3.05, 3.63) is 102 Å². The molecule has 0 fully saturated rings. The monoisotopic (exact) mass is 317 g/mol. The van der Waals surface area contributed by atoms with Gasteiger partial charge in [0.1, 0.15) is 5.75 Å². The molecular weight excluding hydrogens is 294 g/mol. The van der Waals surface area contributed by atoms with Crippen molar-refractivity contribution in [2.75, 3.05) is 7.11 Å². The Labute approximate surface area is 143 Å². The van der Waals surface area contributed by atoms with Crippen LogP contribution in [0.5, 0.6) is 5.75 Å². The van der Waals surface area contributed by atoms with Crippen molar-refractivity contribution in [2.45, 2.75) is 18.4 Å². The van der Waals surface area contributed by atoms with Gasteiger partial charge in [0.25, 0.3) is 0 Å². The first-order valence-electron chi connectivity index (χ1n) is 8.20. The first-order valence-corrected chi connectivity index (χ1v) is 8.20. The molecule has 2 heteroatoms. The highest BCUT2D eigenvalue weighted by atomic mass is 16.5. The number of ether oxygens (including phenoxy) is 1. The van der Waals surface area contributed by atoms with Gasteiger partial charge < -0.3 is 10.5 Å². The summed E-state index contributed by atoms with van der Waals surface area (Å²) in [6.07, 6.45) is 0. The van der Waals surface area contributed by atoms with Gasteiger partial charge in [-0.25, -0.2) is 0 Å². The van der Waals surface area contributed by atoms with E-state index in [2.05, 4.69) is 37.3 Å². The highest BCUT2D eigenvalue weighted by Crippen LogP contribution is 2.42. The Hall–Kier alpha value is -2.58. The van der Waals surface area contributed by atoms with Gasteiger partial charge >= 0.3 is 0 Å². The van der Waals surface area contributed by atoms with Crippen LogP contribution in [0.2, 0.25) is 0 Å². The van der Waals surface area contributed by atoms with Crippen LogP contribution in [0.4, 0.5) is 0 Å². The number of rotatable bonds is 5. The van der Waals surface area contributed by atoms with Crippen molar-refractivity contribution in [3.63, 3.8) is 0 Å². The van der Waals surface area contributed by atoms with Gasteiger partial charge in [0.05, 0.1) is 12.6 Å². The summed E-state index contributed by atoms with van der Waals surface area (Å²) in [6.45, 7) is 2.16. The minimum Gasteiger partial charge on any atom is -0.496 e. The van der Waals surface area contributed by atoms with Crippen LogP contribution in [0.25, 0.3) is 0 Å². The molecule has 24 heavy (non-hydrogen) atoms. The van der Waals surface area contributed by atoms with Gasteiger partial charge in [0, 0.05) is 5.92 Å². The summed E-state index contributed by atoms with van der Waals surface area (Å²) in [5.74, 6) is 0.908. The highest BCUT2D eigenvalue weighted by Gasteiger charge is 2.37. The second-order valence-corrected chi connectivity index (χ2v) is 6.06. The van der Waals surface area contributed by atoms with Gasteiger partial charge in [0.2, 0.25) is 0 Å². The topological polar surface area (TPSA) is 35.2 Å². The number of methoxy groups -OCH3 is 1. The first-order chi connectivity index (χ1) is 11.7. The summed E-state index contributed by atoms with van der Waals surface area (Å²) in [5.41, 5.74) is 9.73. The Morgan fingerprint density at radius 1 is 0.750 bits per heavy atom. The van der Waals surface area contributed by atoms with Crippen molar-refractivity contribution in [2.24, 2.45) is 5.73 Å². The van der Waals surface area contributed by atoms with Crippen molar-refractivity contribution in [1.82, 2.24) is 0 Å². The number of nitrogens with two attached hydrogens (primary N) is 1. The third-order valence-corrected chi connectivity index (χ3v) is 4.79. The molecule has 0 spiro atoms. The number of benzene rings is 3. The van der Waals surface area contributed by atoms with Gasteiger partial charge in [-0.15, -0.1) is 0 Å². The molecule has 0 bridgehead atoms. The van der Waals surface area contributed by atoms with E-state index in [9.17, 15) is 0 Å². The first kappa shape index (κ1) is 16.3. The zero-order valence-electron chi connectivity index (χ0n) is 14.1. The lowest BCUT2D eigenvalue weighted by molar-refractivity contribution is 0.386. The molecule has 0 radical (unpaired) electrons. The molecular formula is C22H23NO. The standard InChI is InChI=1S/C22H23NO/c1-17(20-15-9-10-16-21(20)24-2)22(23,18-11-5-3-6-12-18)19-13-7-4-8-14-19/h3-17H,23H2,1-2H3. The van der Waals surface area contributed by atoms with E-state index in [0.29, 0.717) is 0 Å². The number of para-hydroxylation sites is 1. The van der Waals surface area contributed by atoms with E-state index in [0.717, 1.165) is 22.4 Å². The minimum absolute atomic E-state index is 0.0402. The summed E-state index contributed by atoms with van der Waals surface area (Å²) >= 11 is 0. The van der Waals surface area contributed by atoms with Crippen molar-refractivity contribution in [1.29, 1.82) is 0 Å². The summed E-state index contributed by atoms with van der Waals surface area (Å²) in [7, 11) is 1.70. The quantitative estimate of drug-likeness (QED) is 0.740. The van der Waals surface area contributed by atoms with Crippen LogP contribution in [0.3, 0.4) is 0 Å². The SMILES string of the molecule is COc1ccccc1C(C)C(N)(c1ccccc1)c1ccccc1. The molecule has 0 heterocycles. The number of hydrogen-bond acceptors (Lipinski definition) is 2. The predicted octanol–water partition coefficient (Wildman–Crippen LogP) is 4.70. The molecule has 0 aliphatic rings. The lowest BCUT2D eigenvalue weighted by Gasteiger charge is -2.37. The maximum Gasteiger partial charge on any atom is 0.122 e. The Balaban J connectivity index is 2.19. The largest absolute Gasteiger partial charge is 0.496 e. The smallest absolute Gasteiger partial charge is 0.122 e. The molecule has 3 aromatic carbocycles. The third-order valence-electron chi connectivity index (χ3n) is 4.79. The number of hydrogen-bond donors (Lipinski definition) is 1. The van der Waals surface area contributed by atoms with Gasteiger partial charge in [-0.1, -0.05) is 85.8 Å². The van der Waals surface area contributed by atoms with Crippen LogP contribution >= 0.6 is 0 Å². The van der Waals surface area contributed by atoms with Crippen molar-refractivity contribution < 1.29 is 4.74 Å². The van der Waals surface area contributed by atoms with Crippen molar-refractivity contribution in [3.8, 4) is 5.75 Å². The average molecular weight is 317 g/mol. The normalized spacial score (nSPS) is 12.6. The van der Waals surface area contributed by atoms with Crippen LogP contribution in [0, 0.1) is 0 Å². The fourth-order valence-corrected chi connectivity index (χ4v) is 3.36. The average Bonchev–Trinajstić information content (AvgIpc) is 2.68. The fourth-order valence-electron chi connectivity index (χ4n) is 3.36. The zero-order chi connectivity index (χ0) is 17.0. The van der Waals surface area contributed by atoms with Crippen LogP contribution in [-0.4, -0.2) is 7.11 Å². The van der Waals surface area contributed by atoms with E-state index in [4.69, 9.17) is 10.5 Å². The third kappa shape index (κ3) is 2.81. The Morgan fingerprint density at radius 3 is 1.71 bits per heavy atom. The molecule has 1 unspecified atom stereocenters. The van der Waals surface area contributed by atoms with E-state index in [-0.39, 0.29) is 5.92 Å². The van der Waals surface area contributed by atoms with Gasteiger partial charge in [-0.05, 0) is 22.8 Å². The van der Waals surface area contributed by atoms with Gasteiger partial charge in [-0.3, -0.25) is 0 Å². The minimum atomic E-state index is -0.642. The molecule has 3 rings (SSSR count). The summed E-state index contributed by atoms with van der Waals surface area (Å²) in [4.78, 5) is 0. The second-order valence-electron chi connectivity index (χ2n) is 6.06. The Kier molecular flexibility index (Phi) is 4.68. The molecule has 0 saturated heterocycles. The van der Waals surface area contributed by atoms with E-state index in [1.807, 2.05) is 54.6 Å². The van der Waals surface area contributed by atoms with Crippen molar-refractivity contribution >= 4 is 0 Å². The van der Waals surface area contributed by atoms with Crippen LogP contribution < -0.4 is 10.5 Å². The van der Waals surface area contributed by atoms with Crippen LogP contribution in [-0.2, 0) is 5.54 Å². The molecule has 122 valence electrons. The molecule has 2 N–H and O–H groups in total. The van der Waals surface area contributed by atoms with Gasteiger partial charge in [0.15, 0.2) is 0 Å².